The third kappa shape index (κ3) is 6.67. The molecule has 0 fully saturated rings. The Hall–Kier alpha value is -4.33. The first kappa shape index (κ1) is 27.3. The molecule has 3 rings (SSSR count). The standard InChI is InChI=1S/C23H25N7O6S/c1-13(2)20(25-22(32)15-6-5-7-16(10-15)29(33)34)21-26-27-23(28(21)4)37-12-19(31)24-18-11-17(30(35)36)9-8-14(18)3/h5-11,13,20H,12H2,1-4H3,(H,24,31)(H,25,32)/t20-/m0/s1. The van der Waals surface area contributed by atoms with E-state index < -0.39 is 21.8 Å². The molecule has 0 aliphatic heterocycles. The lowest BCUT2D eigenvalue weighted by atomic mass is 10.0. The largest absolute Gasteiger partial charge is 0.342 e. The number of benzene rings is 2. The highest BCUT2D eigenvalue weighted by atomic mass is 32.2. The van der Waals surface area contributed by atoms with Gasteiger partial charge in [-0.25, -0.2) is 0 Å². The summed E-state index contributed by atoms with van der Waals surface area (Å²) >= 11 is 1.12. The van der Waals surface area contributed by atoms with E-state index in [4.69, 9.17) is 0 Å². The second kappa shape index (κ2) is 11.6. The number of aryl methyl sites for hydroxylation is 1. The van der Waals surface area contributed by atoms with Crippen LogP contribution in [0.5, 0.6) is 0 Å². The van der Waals surface area contributed by atoms with Gasteiger partial charge >= 0.3 is 0 Å². The summed E-state index contributed by atoms with van der Waals surface area (Å²) in [6, 6.07) is 9.10. The Morgan fingerprint density at radius 3 is 2.38 bits per heavy atom. The second-order valence-corrected chi connectivity index (χ2v) is 9.44. The fourth-order valence-corrected chi connectivity index (χ4v) is 4.13. The first-order valence-corrected chi connectivity index (χ1v) is 12.1. The monoisotopic (exact) mass is 527 g/mol. The highest BCUT2D eigenvalue weighted by Crippen LogP contribution is 2.26. The highest BCUT2D eigenvalue weighted by molar-refractivity contribution is 7.99. The van der Waals surface area contributed by atoms with Crippen molar-refractivity contribution in [2.45, 2.75) is 32.0 Å². The number of nitrogens with zero attached hydrogens (tertiary/aromatic N) is 5. The predicted octanol–water partition coefficient (Wildman–Crippen LogP) is 3.80. The van der Waals surface area contributed by atoms with Gasteiger partial charge in [-0.15, -0.1) is 10.2 Å². The molecule has 0 saturated heterocycles. The number of thioether (sulfide) groups is 1. The Morgan fingerprint density at radius 1 is 1.05 bits per heavy atom. The minimum absolute atomic E-state index is 0.0273. The lowest BCUT2D eigenvalue weighted by Crippen LogP contribution is -2.33. The van der Waals surface area contributed by atoms with Crippen LogP contribution in [0.3, 0.4) is 0 Å². The van der Waals surface area contributed by atoms with Gasteiger partial charge in [-0.3, -0.25) is 29.8 Å². The molecule has 1 heterocycles. The third-order valence-corrected chi connectivity index (χ3v) is 6.48. The SMILES string of the molecule is Cc1ccc([N+](=O)[O-])cc1NC(=O)CSc1nnc([C@@H](NC(=O)c2cccc([N+](=O)[O-])c2)C(C)C)n1C. The van der Waals surface area contributed by atoms with Crippen molar-refractivity contribution in [3.05, 3.63) is 79.6 Å². The number of anilines is 1. The molecule has 2 N–H and O–H groups in total. The summed E-state index contributed by atoms with van der Waals surface area (Å²) in [6.07, 6.45) is 0. The smallest absolute Gasteiger partial charge is 0.271 e. The summed E-state index contributed by atoms with van der Waals surface area (Å²) in [5.74, 6) is -0.542. The maximum absolute atomic E-state index is 12.8. The molecule has 14 heteroatoms. The van der Waals surface area contributed by atoms with E-state index in [2.05, 4.69) is 20.8 Å². The number of rotatable bonds is 10. The molecular weight excluding hydrogens is 502 g/mol. The number of nitro benzene ring substituents is 2. The molecule has 0 spiro atoms. The third-order valence-electron chi connectivity index (χ3n) is 5.46. The number of hydrogen-bond acceptors (Lipinski definition) is 9. The van der Waals surface area contributed by atoms with Gasteiger partial charge in [0.25, 0.3) is 17.3 Å². The Bertz CT molecular complexity index is 1360. The van der Waals surface area contributed by atoms with Crippen molar-refractivity contribution < 1.29 is 19.4 Å². The van der Waals surface area contributed by atoms with Crippen LogP contribution in [0.1, 0.15) is 41.6 Å². The molecule has 1 atom stereocenters. The number of nitro groups is 2. The first-order valence-electron chi connectivity index (χ1n) is 11.1. The van der Waals surface area contributed by atoms with Gasteiger partial charge in [-0.1, -0.05) is 37.7 Å². The zero-order valence-electron chi connectivity index (χ0n) is 20.5. The molecule has 2 aromatic carbocycles. The molecule has 0 radical (unpaired) electrons. The minimum Gasteiger partial charge on any atom is -0.342 e. The number of carbonyl (C=O) groups is 2. The van der Waals surface area contributed by atoms with Gasteiger partial charge in [0.05, 0.1) is 27.3 Å². The second-order valence-electron chi connectivity index (χ2n) is 8.50. The maximum atomic E-state index is 12.8. The van der Waals surface area contributed by atoms with Crippen molar-refractivity contribution in [2.75, 3.05) is 11.1 Å². The van der Waals surface area contributed by atoms with E-state index in [0.717, 1.165) is 11.8 Å². The highest BCUT2D eigenvalue weighted by Gasteiger charge is 2.26. The van der Waals surface area contributed by atoms with Gasteiger partial charge in [-0.05, 0) is 24.5 Å². The van der Waals surface area contributed by atoms with Crippen LogP contribution in [0.15, 0.2) is 47.6 Å². The normalized spacial score (nSPS) is 11.7. The van der Waals surface area contributed by atoms with E-state index >= 15 is 0 Å². The molecule has 1 aromatic heterocycles. The Labute approximate surface area is 216 Å². The Morgan fingerprint density at radius 2 is 1.73 bits per heavy atom. The van der Waals surface area contributed by atoms with Crippen LogP contribution in [0, 0.1) is 33.1 Å². The van der Waals surface area contributed by atoms with Gasteiger partial charge in [0, 0.05) is 36.9 Å². The summed E-state index contributed by atoms with van der Waals surface area (Å²) in [5, 5.41) is 36.3. The number of amides is 2. The molecule has 13 nitrogen and oxygen atoms in total. The van der Waals surface area contributed by atoms with E-state index in [0.29, 0.717) is 22.2 Å². The lowest BCUT2D eigenvalue weighted by Gasteiger charge is -2.21. The molecular formula is C23H25N7O6S. The van der Waals surface area contributed by atoms with Crippen LogP contribution in [0.2, 0.25) is 0 Å². The number of non-ortho nitro benzene ring substituents is 2. The zero-order valence-corrected chi connectivity index (χ0v) is 21.3. The molecule has 37 heavy (non-hydrogen) atoms. The van der Waals surface area contributed by atoms with E-state index in [9.17, 15) is 29.8 Å². The fraction of sp³-hybridized carbons (Fsp3) is 0.304. The first-order chi connectivity index (χ1) is 17.5. The molecule has 0 aliphatic rings. The summed E-state index contributed by atoms with van der Waals surface area (Å²) in [7, 11) is 1.70. The van der Waals surface area contributed by atoms with E-state index in [1.54, 1.807) is 24.6 Å². The van der Waals surface area contributed by atoms with Gasteiger partial charge in [0.15, 0.2) is 11.0 Å². The minimum atomic E-state index is -0.570. The predicted molar refractivity (Wildman–Crippen MR) is 136 cm³/mol. The van der Waals surface area contributed by atoms with Crippen molar-refractivity contribution in [1.29, 1.82) is 0 Å². The summed E-state index contributed by atoms with van der Waals surface area (Å²) in [4.78, 5) is 46.3. The number of carbonyl (C=O) groups excluding carboxylic acids is 2. The van der Waals surface area contributed by atoms with Crippen LogP contribution in [-0.4, -0.2) is 42.2 Å². The maximum Gasteiger partial charge on any atom is 0.271 e. The molecule has 0 aliphatic carbocycles. The van der Waals surface area contributed by atoms with Crippen molar-refractivity contribution in [2.24, 2.45) is 13.0 Å². The molecule has 0 saturated carbocycles. The van der Waals surface area contributed by atoms with Gasteiger partial charge < -0.3 is 15.2 Å². The fourth-order valence-electron chi connectivity index (χ4n) is 3.41. The quantitative estimate of drug-likeness (QED) is 0.226. The van der Waals surface area contributed by atoms with Crippen LogP contribution >= 0.6 is 11.8 Å². The summed E-state index contributed by atoms with van der Waals surface area (Å²) < 4.78 is 1.66. The summed E-state index contributed by atoms with van der Waals surface area (Å²) in [6.45, 7) is 5.50. The number of nitrogens with one attached hydrogen (secondary N) is 2. The molecule has 3 aromatic rings. The average molecular weight is 528 g/mol. The lowest BCUT2D eigenvalue weighted by molar-refractivity contribution is -0.385. The Balaban J connectivity index is 1.69. The molecule has 0 unspecified atom stereocenters. The molecule has 0 bridgehead atoms. The van der Waals surface area contributed by atoms with Crippen LogP contribution in [0.4, 0.5) is 17.1 Å². The topological polar surface area (TPSA) is 175 Å². The van der Waals surface area contributed by atoms with Crippen molar-refractivity contribution in [1.82, 2.24) is 20.1 Å². The van der Waals surface area contributed by atoms with E-state index in [1.165, 1.54) is 36.4 Å². The zero-order chi connectivity index (χ0) is 27.3. The van der Waals surface area contributed by atoms with E-state index in [1.807, 2.05) is 13.8 Å². The summed E-state index contributed by atoms with van der Waals surface area (Å²) in [5.41, 5.74) is 0.860. The van der Waals surface area contributed by atoms with Gasteiger partial charge in [0.2, 0.25) is 5.91 Å². The molecule has 2 amide bonds. The van der Waals surface area contributed by atoms with Crippen LogP contribution in [0.25, 0.3) is 0 Å². The van der Waals surface area contributed by atoms with Crippen LogP contribution < -0.4 is 10.6 Å². The average Bonchev–Trinajstić information content (AvgIpc) is 3.21. The van der Waals surface area contributed by atoms with Gasteiger partial charge in [-0.2, -0.15) is 0 Å². The Kier molecular flexibility index (Phi) is 8.55. The van der Waals surface area contributed by atoms with Crippen molar-refractivity contribution in [3.8, 4) is 0 Å². The van der Waals surface area contributed by atoms with E-state index in [-0.39, 0.29) is 34.5 Å². The number of aromatic nitrogens is 3. The van der Waals surface area contributed by atoms with Gasteiger partial charge in [0.1, 0.15) is 0 Å². The van der Waals surface area contributed by atoms with Crippen molar-refractivity contribution in [3.63, 3.8) is 0 Å². The van der Waals surface area contributed by atoms with Crippen LogP contribution in [-0.2, 0) is 11.8 Å². The number of hydrogen-bond donors (Lipinski definition) is 2. The van der Waals surface area contributed by atoms with Crippen molar-refractivity contribution >= 4 is 40.6 Å². The molecule has 194 valence electrons.